The van der Waals surface area contributed by atoms with E-state index in [2.05, 4.69) is 41.1 Å². The molecule has 0 aliphatic carbocycles. The summed E-state index contributed by atoms with van der Waals surface area (Å²) in [6, 6.07) is 10.5. The van der Waals surface area contributed by atoms with Crippen molar-refractivity contribution in [2.75, 3.05) is 33.4 Å². The van der Waals surface area contributed by atoms with Gasteiger partial charge in [0.1, 0.15) is 0 Å². The van der Waals surface area contributed by atoms with Crippen LogP contribution in [0.15, 0.2) is 30.3 Å². The lowest BCUT2D eigenvalue weighted by Gasteiger charge is -2.22. The molecule has 0 aliphatic rings. The average Bonchev–Trinajstić information content (AvgIpc) is 2.49. The predicted octanol–water partition coefficient (Wildman–Crippen LogP) is 2.34. The Hall–Kier alpha value is -1.49. The minimum absolute atomic E-state index is 0.722. The molecule has 0 aliphatic heterocycles. The summed E-state index contributed by atoms with van der Waals surface area (Å²) >= 11 is 0. The zero-order valence-electron chi connectivity index (χ0n) is 13.0. The zero-order valence-corrected chi connectivity index (χ0v) is 13.0. The summed E-state index contributed by atoms with van der Waals surface area (Å²) in [5.41, 5.74) is 9.10. The summed E-state index contributed by atoms with van der Waals surface area (Å²) in [4.78, 5) is 7.01. The molecule has 2 aromatic rings. The number of aryl methyl sites for hydroxylation is 1. The third-order valence-electron chi connectivity index (χ3n) is 3.61. The summed E-state index contributed by atoms with van der Waals surface area (Å²) in [6.45, 7) is 6.34. The summed E-state index contributed by atoms with van der Waals surface area (Å²) in [7, 11) is 1.74. The number of para-hydroxylation sites is 1. The van der Waals surface area contributed by atoms with Gasteiger partial charge in [-0.3, -0.25) is 9.88 Å². The van der Waals surface area contributed by atoms with E-state index in [1.807, 2.05) is 6.07 Å². The Labute approximate surface area is 126 Å². The summed E-state index contributed by atoms with van der Waals surface area (Å²) in [6.07, 6.45) is 1.01. The average molecular weight is 287 g/mol. The van der Waals surface area contributed by atoms with Crippen LogP contribution in [0.2, 0.25) is 0 Å². The molecule has 4 nitrogen and oxygen atoms in total. The number of hydrogen-bond acceptors (Lipinski definition) is 4. The number of nitrogens with zero attached hydrogens (tertiary/aromatic N) is 2. The van der Waals surface area contributed by atoms with Crippen LogP contribution in [0.1, 0.15) is 17.7 Å². The van der Waals surface area contributed by atoms with Gasteiger partial charge >= 0.3 is 0 Å². The summed E-state index contributed by atoms with van der Waals surface area (Å²) in [5.74, 6) is 0. The molecule has 2 N–H and O–H groups in total. The van der Waals surface area contributed by atoms with Crippen molar-refractivity contribution >= 4 is 10.9 Å². The highest BCUT2D eigenvalue weighted by Crippen LogP contribution is 2.19. The molecule has 0 saturated heterocycles. The summed E-state index contributed by atoms with van der Waals surface area (Å²) in [5, 5.41) is 1.23. The highest BCUT2D eigenvalue weighted by Gasteiger charge is 2.09. The van der Waals surface area contributed by atoms with Gasteiger partial charge < -0.3 is 10.5 Å². The molecule has 0 fully saturated rings. The maximum atomic E-state index is 5.65. The smallest absolute Gasteiger partial charge is 0.0708 e. The van der Waals surface area contributed by atoms with Crippen LogP contribution in [0.5, 0.6) is 0 Å². The van der Waals surface area contributed by atoms with Crippen LogP contribution in [0.3, 0.4) is 0 Å². The van der Waals surface area contributed by atoms with Crippen LogP contribution in [-0.2, 0) is 11.3 Å². The molecular formula is C17H25N3O. The van der Waals surface area contributed by atoms with Crippen molar-refractivity contribution in [3.05, 3.63) is 41.6 Å². The molecular weight excluding hydrogens is 262 g/mol. The van der Waals surface area contributed by atoms with Gasteiger partial charge in [-0.2, -0.15) is 0 Å². The van der Waals surface area contributed by atoms with Crippen LogP contribution in [-0.4, -0.2) is 43.2 Å². The van der Waals surface area contributed by atoms with Crippen LogP contribution >= 0.6 is 0 Å². The molecule has 1 aromatic heterocycles. The number of pyridine rings is 1. The highest BCUT2D eigenvalue weighted by molar-refractivity contribution is 5.82. The lowest BCUT2D eigenvalue weighted by Crippen LogP contribution is -2.29. The molecule has 0 bridgehead atoms. The molecule has 4 heteroatoms. The second-order valence-corrected chi connectivity index (χ2v) is 5.35. The molecule has 0 unspecified atom stereocenters. The summed E-state index contributed by atoms with van der Waals surface area (Å²) < 4.78 is 5.22. The number of benzene rings is 1. The van der Waals surface area contributed by atoms with E-state index >= 15 is 0 Å². The molecule has 0 saturated carbocycles. The van der Waals surface area contributed by atoms with Crippen molar-refractivity contribution in [2.24, 2.45) is 5.73 Å². The van der Waals surface area contributed by atoms with Crippen LogP contribution in [0.4, 0.5) is 0 Å². The molecule has 21 heavy (non-hydrogen) atoms. The quantitative estimate of drug-likeness (QED) is 0.809. The van der Waals surface area contributed by atoms with Crippen LogP contribution < -0.4 is 5.73 Å². The molecule has 0 atom stereocenters. The Morgan fingerprint density at radius 1 is 1.24 bits per heavy atom. The van der Waals surface area contributed by atoms with E-state index in [1.165, 1.54) is 10.9 Å². The molecule has 0 radical (unpaired) electrons. The van der Waals surface area contributed by atoms with Gasteiger partial charge in [0.2, 0.25) is 0 Å². The van der Waals surface area contributed by atoms with Crippen molar-refractivity contribution in [3.63, 3.8) is 0 Å². The fourth-order valence-electron chi connectivity index (χ4n) is 2.57. The maximum Gasteiger partial charge on any atom is 0.0708 e. The van der Waals surface area contributed by atoms with E-state index in [9.17, 15) is 0 Å². The van der Waals surface area contributed by atoms with E-state index in [4.69, 9.17) is 10.5 Å². The third-order valence-corrected chi connectivity index (χ3v) is 3.61. The SMILES string of the molecule is COCCN(CCCN)Cc1cc(C)nc2ccccc12. The fraction of sp³-hybridized carbons (Fsp3) is 0.471. The van der Waals surface area contributed by atoms with Gasteiger partial charge in [0.15, 0.2) is 0 Å². The Balaban J connectivity index is 2.22. The van der Waals surface area contributed by atoms with Gasteiger partial charge in [-0.25, -0.2) is 0 Å². The Kier molecular flexibility index (Phi) is 6.11. The maximum absolute atomic E-state index is 5.65. The van der Waals surface area contributed by atoms with Crippen molar-refractivity contribution in [3.8, 4) is 0 Å². The third kappa shape index (κ3) is 4.49. The molecule has 1 aromatic carbocycles. The minimum atomic E-state index is 0.722. The number of rotatable bonds is 8. The first kappa shape index (κ1) is 15.9. The zero-order chi connectivity index (χ0) is 15.1. The second-order valence-electron chi connectivity index (χ2n) is 5.35. The van der Waals surface area contributed by atoms with E-state index in [-0.39, 0.29) is 0 Å². The second kappa shape index (κ2) is 8.08. The lowest BCUT2D eigenvalue weighted by molar-refractivity contribution is 0.144. The number of nitrogens with two attached hydrogens (primary N) is 1. The van der Waals surface area contributed by atoms with Gasteiger partial charge in [0.05, 0.1) is 12.1 Å². The first-order valence-corrected chi connectivity index (χ1v) is 7.51. The molecule has 1 heterocycles. The van der Waals surface area contributed by atoms with Crippen molar-refractivity contribution in [1.29, 1.82) is 0 Å². The van der Waals surface area contributed by atoms with Gasteiger partial charge in [0.25, 0.3) is 0 Å². The minimum Gasteiger partial charge on any atom is -0.383 e. The highest BCUT2D eigenvalue weighted by atomic mass is 16.5. The van der Waals surface area contributed by atoms with E-state index in [0.717, 1.165) is 50.4 Å². The van der Waals surface area contributed by atoms with Crippen molar-refractivity contribution in [1.82, 2.24) is 9.88 Å². The van der Waals surface area contributed by atoms with Crippen molar-refractivity contribution < 1.29 is 4.74 Å². The van der Waals surface area contributed by atoms with Gasteiger partial charge in [-0.15, -0.1) is 0 Å². The molecule has 0 amide bonds. The predicted molar refractivity (Wildman–Crippen MR) is 87.3 cm³/mol. The first-order valence-electron chi connectivity index (χ1n) is 7.51. The Morgan fingerprint density at radius 2 is 2.05 bits per heavy atom. The van der Waals surface area contributed by atoms with E-state index in [1.54, 1.807) is 7.11 Å². The molecule has 0 spiro atoms. The monoisotopic (exact) mass is 287 g/mol. The lowest BCUT2D eigenvalue weighted by atomic mass is 10.1. The van der Waals surface area contributed by atoms with Crippen LogP contribution in [0, 0.1) is 6.92 Å². The topological polar surface area (TPSA) is 51.4 Å². The Bertz CT molecular complexity index is 563. The Morgan fingerprint density at radius 3 is 2.81 bits per heavy atom. The standard InChI is InChI=1S/C17H25N3O/c1-14-12-15(16-6-3-4-7-17(16)19-14)13-20(9-5-8-18)10-11-21-2/h3-4,6-7,12H,5,8-11,13,18H2,1-2H3. The molecule has 2 rings (SSSR count). The van der Waals surface area contributed by atoms with Gasteiger partial charge in [0, 0.05) is 31.3 Å². The largest absolute Gasteiger partial charge is 0.383 e. The van der Waals surface area contributed by atoms with Gasteiger partial charge in [-0.1, -0.05) is 18.2 Å². The van der Waals surface area contributed by atoms with Crippen LogP contribution in [0.25, 0.3) is 10.9 Å². The number of fused-ring (bicyclic) bond motifs is 1. The molecule has 114 valence electrons. The number of methoxy groups -OCH3 is 1. The van der Waals surface area contributed by atoms with E-state index in [0.29, 0.717) is 0 Å². The van der Waals surface area contributed by atoms with Gasteiger partial charge in [-0.05, 0) is 44.1 Å². The number of ether oxygens (including phenoxy) is 1. The van der Waals surface area contributed by atoms with E-state index < -0.39 is 0 Å². The fourth-order valence-corrected chi connectivity index (χ4v) is 2.57. The normalized spacial score (nSPS) is 11.4. The van der Waals surface area contributed by atoms with Crippen molar-refractivity contribution in [2.45, 2.75) is 19.9 Å². The number of aromatic nitrogens is 1. The first-order chi connectivity index (χ1) is 10.2. The number of hydrogen-bond donors (Lipinski definition) is 1.